The van der Waals surface area contributed by atoms with Crippen LogP contribution in [0.2, 0.25) is 0 Å². The van der Waals surface area contributed by atoms with Crippen molar-refractivity contribution in [1.82, 2.24) is 4.98 Å². The standard InChI is InChI=1S/C13H8BF3N2/c1-7-2-4-8(5-3-7)11-9(6-18)10(14)12(19-11)13(15,16)17/h2-5,19H,1H3. The summed E-state index contributed by atoms with van der Waals surface area (Å²) in [6, 6.07) is 8.50. The van der Waals surface area contributed by atoms with Gasteiger partial charge in [0.2, 0.25) is 0 Å². The number of hydrogen-bond donors (Lipinski definition) is 1. The van der Waals surface area contributed by atoms with Crippen LogP contribution in [0.15, 0.2) is 24.3 Å². The molecule has 0 amide bonds. The topological polar surface area (TPSA) is 39.6 Å². The third-order valence-electron chi connectivity index (χ3n) is 2.77. The van der Waals surface area contributed by atoms with Crippen LogP contribution >= 0.6 is 0 Å². The van der Waals surface area contributed by atoms with Gasteiger partial charge in [0.05, 0.1) is 11.3 Å². The summed E-state index contributed by atoms with van der Waals surface area (Å²) in [6.45, 7) is 1.86. The van der Waals surface area contributed by atoms with Crippen molar-refractivity contribution in [2.24, 2.45) is 0 Å². The number of halogens is 3. The summed E-state index contributed by atoms with van der Waals surface area (Å²) >= 11 is 0. The van der Waals surface area contributed by atoms with Crippen LogP contribution in [0.1, 0.15) is 16.8 Å². The number of nitrogens with one attached hydrogen (secondary N) is 1. The molecule has 0 saturated carbocycles. The number of alkyl halides is 3. The molecule has 2 aromatic rings. The van der Waals surface area contributed by atoms with Crippen molar-refractivity contribution in [3.63, 3.8) is 0 Å². The Morgan fingerprint density at radius 1 is 1.21 bits per heavy atom. The molecule has 0 saturated heterocycles. The van der Waals surface area contributed by atoms with Crippen molar-refractivity contribution < 1.29 is 13.2 Å². The second kappa shape index (κ2) is 4.50. The predicted molar refractivity (Wildman–Crippen MR) is 66.1 cm³/mol. The molecule has 1 aromatic carbocycles. The fourth-order valence-corrected chi connectivity index (χ4v) is 1.79. The van der Waals surface area contributed by atoms with E-state index in [2.05, 4.69) is 4.98 Å². The average molecular weight is 260 g/mol. The van der Waals surface area contributed by atoms with Crippen molar-refractivity contribution in [3.8, 4) is 17.3 Å². The van der Waals surface area contributed by atoms with E-state index < -0.39 is 17.3 Å². The lowest BCUT2D eigenvalue weighted by Crippen LogP contribution is -2.19. The number of benzene rings is 1. The van der Waals surface area contributed by atoms with Gasteiger partial charge in [-0.05, 0) is 17.9 Å². The van der Waals surface area contributed by atoms with Crippen LogP contribution in [0.3, 0.4) is 0 Å². The lowest BCUT2D eigenvalue weighted by atomic mass is 9.90. The van der Waals surface area contributed by atoms with Gasteiger partial charge in [-0.3, -0.25) is 0 Å². The third-order valence-corrected chi connectivity index (χ3v) is 2.77. The zero-order valence-corrected chi connectivity index (χ0v) is 9.97. The largest absolute Gasteiger partial charge is 0.430 e. The van der Waals surface area contributed by atoms with Crippen LogP contribution in [0.25, 0.3) is 11.3 Å². The third kappa shape index (κ3) is 2.36. The Kier molecular flexibility index (Phi) is 3.15. The predicted octanol–water partition coefficient (Wildman–Crippen LogP) is 2.67. The Balaban J connectivity index is 2.65. The fourth-order valence-electron chi connectivity index (χ4n) is 1.79. The molecule has 0 fully saturated rings. The number of nitriles is 1. The molecule has 6 heteroatoms. The van der Waals surface area contributed by atoms with Gasteiger partial charge in [-0.25, -0.2) is 0 Å². The molecule has 1 heterocycles. The molecule has 0 aliphatic heterocycles. The zero-order chi connectivity index (χ0) is 14.2. The highest BCUT2D eigenvalue weighted by molar-refractivity contribution is 6.35. The van der Waals surface area contributed by atoms with Crippen molar-refractivity contribution in [2.75, 3.05) is 0 Å². The van der Waals surface area contributed by atoms with E-state index in [4.69, 9.17) is 13.1 Å². The van der Waals surface area contributed by atoms with Gasteiger partial charge in [0.25, 0.3) is 0 Å². The van der Waals surface area contributed by atoms with E-state index in [9.17, 15) is 13.2 Å². The smallest absolute Gasteiger partial charge is 0.350 e. The van der Waals surface area contributed by atoms with Crippen molar-refractivity contribution in [1.29, 1.82) is 5.26 Å². The highest BCUT2D eigenvalue weighted by atomic mass is 19.4. The molecule has 2 radical (unpaired) electrons. The van der Waals surface area contributed by atoms with Gasteiger partial charge in [-0.15, -0.1) is 0 Å². The van der Waals surface area contributed by atoms with Crippen molar-refractivity contribution in [3.05, 3.63) is 41.1 Å². The lowest BCUT2D eigenvalue weighted by Gasteiger charge is -2.04. The summed E-state index contributed by atoms with van der Waals surface area (Å²) in [5.74, 6) is 0. The molecule has 1 aromatic heterocycles. The minimum atomic E-state index is -4.61. The van der Waals surface area contributed by atoms with Crippen molar-refractivity contribution >= 4 is 13.3 Å². The first kappa shape index (κ1) is 13.3. The minimum absolute atomic E-state index is 0.0901. The Labute approximate surface area is 109 Å². The molecule has 0 aliphatic rings. The van der Waals surface area contributed by atoms with Gasteiger partial charge in [0.1, 0.15) is 19.6 Å². The van der Waals surface area contributed by atoms with Crippen LogP contribution in [-0.4, -0.2) is 12.8 Å². The maximum Gasteiger partial charge on any atom is 0.430 e. The van der Waals surface area contributed by atoms with Gasteiger partial charge < -0.3 is 4.98 Å². The van der Waals surface area contributed by atoms with Gasteiger partial charge in [0.15, 0.2) is 0 Å². The Morgan fingerprint density at radius 2 is 1.79 bits per heavy atom. The number of aromatic nitrogens is 1. The quantitative estimate of drug-likeness (QED) is 0.786. The highest BCUT2D eigenvalue weighted by Gasteiger charge is 2.36. The summed E-state index contributed by atoms with van der Waals surface area (Å²) in [5.41, 5.74) is -0.282. The van der Waals surface area contributed by atoms with Gasteiger partial charge in [-0.1, -0.05) is 29.8 Å². The Hall–Kier alpha value is -2.16. The van der Waals surface area contributed by atoms with E-state index in [0.717, 1.165) is 5.56 Å². The average Bonchev–Trinajstić information content (AvgIpc) is 2.67. The summed E-state index contributed by atoms with van der Waals surface area (Å²) < 4.78 is 38.2. The normalized spacial score (nSPS) is 11.3. The van der Waals surface area contributed by atoms with Crippen LogP contribution in [0, 0.1) is 18.3 Å². The van der Waals surface area contributed by atoms with E-state index in [1.54, 1.807) is 30.3 Å². The first-order valence-corrected chi connectivity index (χ1v) is 5.40. The molecule has 1 N–H and O–H groups in total. The molecule has 19 heavy (non-hydrogen) atoms. The molecular formula is C13H8BF3N2. The summed E-state index contributed by atoms with van der Waals surface area (Å²) in [7, 11) is 5.39. The van der Waals surface area contributed by atoms with Crippen LogP contribution in [0.5, 0.6) is 0 Å². The summed E-state index contributed by atoms with van der Waals surface area (Å²) in [6.07, 6.45) is -4.61. The minimum Gasteiger partial charge on any atom is -0.350 e. The number of hydrogen-bond acceptors (Lipinski definition) is 1. The number of aromatic amines is 1. The molecule has 0 spiro atoms. The molecule has 0 bridgehead atoms. The second-order valence-electron chi connectivity index (χ2n) is 4.14. The molecular weight excluding hydrogens is 252 g/mol. The van der Waals surface area contributed by atoms with E-state index in [1.165, 1.54) is 0 Å². The molecule has 0 unspecified atom stereocenters. The zero-order valence-electron chi connectivity index (χ0n) is 9.97. The molecule has 2 nitrogen and oxygen atoms in total. The van der Waals surface area contributed by atoms with Crippen LogP contribution < -0.4 is 5.46 Å². The number of H-pyrrole nitrogens is 1. The van der Waals surface area contributed by atoms with E-state index >= 15 is 0 Å². The first-order valence-electron chi connectivity index (χ1n) is 5.40. The molecule has 0 atom stereocenters. The van der Waals surface area contributed by atoms with E-state index in [0.29, 0.717) is 5.56 Å². The maximum atomic E-state index is 12.7. The number of nitrogens with zero attached hydrogens (tertiary/aromatic N) is 1. The Morgan fingerprint density at radius 3 is 2.26 bits per heavy atom. The van der Waals surface area contributed by atoms with Crippen molar-refractivity contribution in [2.45, 2.75) is 13.1 Å². The first-order chi connectivity index (χ1) is 8.84. The van der Waals surface area contributed by atoms with E-state index in [-0.39, 0.29) is 11.3 Å². The van der Waals surface area contributed by atoms with E-state index in [1.807, 2.05) is 6.92 Å². The lowest BCUT2D eigenvalue weighted by molar-refractivity contribution is -0.139. The summed E-state index contributed by atoms with van der Waals surface area (Å²) in [5, 5.41) is 8.98. The molecule has 2 rings (SSSR count). The number of rotatable bonds is 1. The van der Waals surface area contributed by atoms with Crippen LogP contribution in [-0.2, 0) is 6.18 Å². The molecule has 0 aliphatic carbocycles. The second-order valence-corrected chi connectivity index (χ2v) is 4.14. The molecule has 94 valence electrons. The van der Waals surface area contributed by atoms with Gasteiger partial charge in [0, 0.05) is 0 Å². The SMILES string of the molecule is [B]c1c(C(F)(F)F)[nH]c(-c2ccc(C)cc2)c1C#N. The van der Waals surface area contributed by atoms with Crippen LogP contribution in [0.4, 0.5) is 13.2 Å². The Bertz CT molecular complexity index is 648. The maximum absolute atomic E-state index is 12.7. The van der Waals surface area contributed by atoms with Gasteiger partial charge >= 0.3 is 6.18 Å². The summed E-state index contributed by atoms with van der Waals surface area (Å²) in [4.78, 5) is 2.20. The number of aryl methyl sites for hydroxylation is 1. The highest BCUT2D eigenvalue weighted by Crippen LogP contribution is 2.31. The fraction of sp³-hybridized carbons (Fsp3) is 0.154. The monoisotopic (exact) mass is 260 g/mol. The van der Waals surface area contributed by atoms with Gasteiger partial charge in [-0.2, -0.15) is 18.4 Å².